The molecule has 19 heavy (non-hydrogen) atoms. The van der Waals surface area contributed by atoms with Crippen molar-refractivity contribution in [2.75, 3.05) is 17.6 Å². The van der Waals surface area contributed by atoms with Gasteiger partial charge in [-0.3, -0.25) is 0 Å². The SMILES string of the molecule is ClCc1cccc(NCC2CSc3ccccc32)c1. The molecule has 2 aromatic rings. The molecule has 0 fully saturated rings. The molecule has 3 rings (SSSR count). The molecule has 0 aliphatic carbocycles. The minimum atomic E-state index is 0.567. The van der Waals surface area contributed by atoms with Gasteiger partial charge in [-0.05, 0) is 29.3 Å². The average Bonchev–Trinajstić information content (AvgIpc) is 2.89. The van der Waals surface area contributed by atoms with Gasteiger partial charge in [0, 0.05) is 34.7 Å². The Bertz CT molecular complexity index is 570. The molecule has 1 N–H and O–H groups in total. The van der Waals surface area contributed by atoms with E-state index >= 15 is 0 Å². The monoisotopic (exact) mass is 289 g/mol. The molecule has 1 aliphatic heterocycles. The predicted molar refractivity (Wildman–Crippen MR) is 84.4 cm³/mol. The second kappa shape index (κ2) is 5.89. The lowest BCUT2D eigenvalue weighted by Crippen LogP contribution is -2.12. The van der Waals surface area contributed by atoms with Crippen LogP contribution in [0.15, 0.2) is 53.4 Å². The van der Waals surface area contributed by atoms with Crippen LogP contribution in [0.3, 0.4) is 0 Å². The molecule has 1 nitrogen and oxygen atoms in total. The standard InChI is InChI=1S/C16H16ClNS/c17-9-12-4-3-5-14(8-12)18-10-13-11-19-16-7-2-1-6-15(13)16/h1-8,13,18H,9-11H2. The Morgan fingerprint density at radius 3 is 2.95 bits per heavy atom. The molecule has 0 aromatic heterocycles. The van der Waals surface area contributed by atoms with Gasteiger partial charge in [-0.15, -0.1) is 23.4 Å². The van der Waals surface area contributed by atoms with Crippen molar-refractivity contribution in [1.29, 1.82) is 0 Å². The number of rotatable bonds is 4. The summed E-state index contributed by atoms with van der Waals surface area (Å²) in [4.78, 5) is 1.43. The van der Waals surface area contributed by atoms with Crippen LogP contribution in [-0.2, 0) is 5.88 Å². The molecular weight excluding hydrogens is 274 g/mol. The Morgan fingerprint density at radius 1 is 1.16 bits per heavy atom. The van der Waals surface area contributed by atoms with E-state index in [4.69, 9.17) is 11.6 Å². The van der Waals surface area contributed by atoms with Gasteiger partial charge in [0.25, 0.3) is 0 Å². The summed E-state index contributed by atoms with van der Waals surface area (Å²) < 4.78 is 0. The van der Waals surface area contributed by atoms with Crippen molar-refractivity contribution in [2.24, 2.45) is 0 Å². The van der Waals surface area contributed by atoms with E-state index in [9.17, 15) is 0 Å². The highest BCUT2D eigenvalue weighted by Crippen LogP contribution is 2.39. The van der Waals surface area contributed by atoms with Gasteiger partial charge in [0.15, 0.2) is 0 Å². The Balaban J connectivity index is 1.67. The van der Waals surface area contributed by atoms with Gasteiger partial charge in [-0.25, -0.2) is 0 Å². The fraction of sp³-hybridized carbons (Fsp3) is 0.250. The number of benzene rings is 2. The van der Waals surface area contributed by atoms with Crippen LogP contribution in [0.4, 0.5) is 5.69 Å². The fourth-order valence-corrected chi connectivity index (χ4v) is 3.82. The van der Waals surface area contributed by atoms with Crippen molar-refractivity contribution >= 4 is 29.1 Å². The van der Waals surface area contributed by atoms with E-state index in [0.717, 1.165) is 17.8 Å². The molecular formula is C16H16ClNS. The van der Waals surface area contributed by atoms with Gasteiger partial charge in [-0.1, -0.05) is 30.3 Å². The first kappa shape index (κ1) is 12.9. The molecule has 0 bridgehead atoms. The highest BCUT2D eigenvalue weighted by atomic mass is 35.5. The maximum Gasteiger partial charge on any atom is 0.0474 e. The zero-order valence-electron chi connectivity index (χ0n) is 10.6. The first-order valence-electron chi connectivity index (χ1n) is 6.47. The first-order valence-corrected chi connectivity index (χ1v) is 7.99. The minimum absolute atomic E-state index is 0.567. The van der Waals surface area contributed by atoms with Crippen LogP contribution in [0.2, 0.25) is 0 Å². The smallest absolute Gasteiger partial charge is 0.0474 e. The van der Waals surface area contributed by atoms with Crippen molar-refractivity contribution < 1.29 is 0 Å². The molecule has 1 atom stereocenters. The van der Waals surface area contributed by atoms with Crippen LogP contribution >= 0.6 is 23.4 Å². The second-order valence-electron chi connectivity index (χ2n) is 4.76. The summed E-state index contributed by atoms with van der Waals surface area (Å²) in [6.07, 6.45) is 0. The van der Waals surface area contributed by atoms with Gasteiger partial charge in [0.05, 0.1) is 0 Å². The zero-order valence-corrected chi connectivity index (χ0v) is 12.2. The van der Waals surface area contributed by atoms with Crippen molar-refractivity contribution in [2.45, 2.75) is 16.7 Å². The number of alkyl halides is 1. The largest absolute Gasteiger partial charge is 0.384 e. The molecule has 1 aliphatic rings. The van der Waals surface area contributed by atoms with E-state index < -0.39 is 0 Å². The topological polar surface area (TPSA) is 12.0 Å². The fourth-order valence-electron chi connectivity index (χ4n) is 2.40. The average molecular weight is 290 g/mol. The lowest BCUT2D eigenvalue weighted by molar-refractivity contribution is 0.819. The zero-order chi connectivity index (χ0) is 13.1. The van der Waals surface area contributed by atoms with Crippen molar-refractivity contribution in [3.63, 3.8) is 0 Å². The minimum Gasteiger partial charge on any atom is -0.384 e. The molecule has 0 spiro atoms. The van der Waals surface area contributed by atoms with E-state index in [-0.39, 0.29) is 0 Å². The van der Waals surface area contributed by atoms with E-state index in [0.29, 0.717) is 11.8 Å². The second-order valence-corrected chi connectivity index (χ2v) is 6.09. The normalized spacial score (nSPS) is 17.2. The van der Waals surface area contributed by atoms with E-state index in [1.165, 1.54) is 16.2 Å². The van der Waals surface area contributed by atoms with E-state index in [2.05, 4.69) is 53.8 Å². The summed E-state index contributed by atoms with van der Waals surface area (Å²) in [7, 11) is 0. The van der Waals surface area contributed by atoms with Crippen LogP contribution in [0.1, 0.15) is 17.0 Å². The quantitative estimate of drug-likeness (QED) is 0.817. The number of hydrogen-bond donors (Lipinski definition) is 1. The van der Waals surface area contributed by atoms with Gasteiger partial charge < -0.3 is 5.32 Å². The third-order valence-electron chi connectivity index (χ3n) is 3.43. The molecule has 0 saturated heterocycles. The number of fused-ring (bicyclic) bond motifs is 1. The number of nitrogens with one attached hydrogen (secondary N) is 1. The highest BCUT2D eigenvalue weighted by molar-refractivity contribution is 7.99. The van der Waals surface area contributed by atoms with Crippen LogP contribution in [-0.4, -0.2) is 12.3 Å². The first-order chi connectivity index (χ1) is 9.36. The predicted octanol–water partition coefficient (Wildman–Crippen LogP) is 4.73. The molecule has 1 heterocycles. The molecule has 98 valence electrons. The van der Waals surface area contributed by atoms with Gasteiger partial charge in [0.1, 0.15) is 0 Å². The Morgan fingerprint density at radius 2 is 2.05 bits per heavy atom. The summed E-state index contributed by atoms with van der Waals surface area (Å²) >= 11 is 7.82. The number of anilines is 1. The Labute approximate surface area is 123 Å². The summed E-state index contributed by atoms with van der Waals surface area (Å²) in [6, 6.07) is 17.0. The Kier molecular flexibility index (Phi) is 4.00. The molecule has 0 amide bonds. The summed E-state index contributed by atoms with van der Waals surface area (Å²) in [5.74, 6) is 2.33. The number of hydrogen-bond acceptors (Lipinski definition) is 2. The maximum atomic E-state index is 5.86. The van der Waals surface area contributed by atoms with Gasteiger partial charge >= 0.3 is 0 Å². The van der Waals surface area contributed by atoms with Gasteiger partial charge in [-0.2, -0.15) is 0 Å². The molecule has 0 radical (unpaired) electrons. The Hall–Kier alpha value is -1.12. The molecule has 1 unspecified atom stereocenters. The summed E-state index contributed by atoms with van der Waals surface area (Å²) in [5, 5.41) is 3.53. The van der Waals surface area contributed by atoms with Crippen molar-refractivity contribution in [3.8, 4) is 0 Å². The van der Waals surface area contributed by atoms with Crippen molar-refractivity contribution in [3.05, 3.63) is 59.7 Å². The maximum absolute atomic E-state index is 5.86. The molecule has 0 saturated carbocycles. The van der Waals surface area contributed by atoms with E-state index in [1.54, 1.807) is 0 Å². The lowest BCUT2D eigenvalue weighted by atomic mass is 10.0. The summed E-state index contributed by atoms with van der Waals surface area (Å²) in [6.45, 7) is 0.982. The summed E-state index contributed by atoms with van der Waals surface area (Å²) in [5.41, 5.74) is 3.80. The molecule has 2 aromatic carbocycles. The number of halogens is 1. The van der Waals surface area contributed by atoms with Crippen LogP contribution in [0.25, 0.3) is 0 Å². The van der Waals surface area contributed by atoms with Gasteiger partial charge in [0.2, 0.25) is 0 Å². The van der Waals surface area contributed by atoms with E-state index in [1.807, 2.05) is 11.8 Å². The van der Waals surface area contributed by atoms with Crippen LogP contribution in [0.5, 0.6) is 0 Å². The lowest BCUT2D eigenvalue weighted by Gasteiger charge is -2.13. The molecule has 3 heteroatoms. The third kappa shape index (κ3) is 2.90. The van der Waals surface area contributed by atoms with Crippen LogP contribution in [0, 0.1) is 0 Å². The highest BCUT2D eigenvalue weighted by Gasteiger charge is 2.22. The third-order valence-corrected chi connectivity index (χ3v) is 4.99. The van der Waals surface area contributed by atoms with Crippen molar-refractivity contribution in [1.82, 2.24) is 0 Å². The number of thioether (sulfide) groups is 1. The van der Waals surface area contributed by atoms with Crippen LogP contribution < -0.4 is 5.32 Å².